The van der Waals surface area contributed by atoms with Gasteiger partial charge in [0.25, 0.3) is 15.9 Å². The van der Waals surface area contributed by atoms with Crippen LogP contribution in [-0.2, 0) is 10.0 Å². The molecule has 4 rings (SSSR count). The maximum atomic E-state index is 13.2. The quantitative estimate of drug-likeness (QED) is 0.309. The van der Waals surface area contributed by atoms with Crippen molar-refractivity contribution in [1.29, 1.82) is 0 Å². The van der Waals surface area contributed by atoms with Crippen molar-refractivity contribution in [2.24, 2.45) is 5.10 Å². The van der Waals surface area contributed by atoms with Crippen LogP contribution in [0.15, 0.2) is 82.9 Å². The number of fused-ring (bicyclic) bond motifs is 1. The van der Waals surface area contributed by atoms with Crippen molar-refractivity contribution in [3.63, 3.8) is 0 Å². The van der Waals surface area contributed by atoms with Crippen LogP contribution in [0.1, 0.15) is 21.5 Å². The number of nitrogens with one attached hydrogen (secondary N) is 1. The van der Waals surface area contributed by atoms with Gasteiger partial charge in [-0.1, -0.05) is 59.1 Å². The van der Waals surface area contributed by atoms with E-state index < -0.39 is 15.9 Å². The number of benzene rings is 3. The molecular formula is C23H17Cl2N3O3S. The van der Waals surface area contributed by atoms with E-state index in [0.29, 0.717) is 21.5 Å². The van der Waals surface area contributed by atoms with Crippen LogP contribution >= 0.6 is 23.2 Å². The fourth-order valence-electron chi connectivity index (χ4n) is 3.20. The summed E-state index contributed by atoms with van der Waals surface area (Å²) in [6, 6.07) is 18.2. The topological polar surface area (TPSA) is 80.5 Å². The minimum atomic E-state index is -3.82. The molecule has 0 aliphatic rings. The van der Waals surface area contributed by atoms with Gasteiger partial charge in [0.15, 0.2) is 0 Å². The molecule has 0 atom stereocenters. The third-order valence-electron chi connectivity index (χ3n) is 4.83. The summed E-state index contributed by atoms with van der Waals surface area (Å²) in [5.74, 6) is -0.515. The van der Waals surface area contributed by atoms with Crippen LogP contribution in [0.25, 0.3) is 10.9 Å². The average Bonchev–Trinajstić information content (AvgIpc) is 3.13. The molecule has 1 aromatic heterocycles. The van der Waals surface area contributed by atoms with Crippen molar-refractivity contribution in [3.8, 4) is 0 Å². The molecule has 32 heavy (non-hydrogen) atoms. The second-order valence-corrected chi connectivity index (χ2v) is 9.70. The van der Waals surface area contributed by atoms with Gasteiger partial charge in [-0.3, -0.25) is 4.79 Å². The van der Waals surface area contributed by atoms with E-state index in [1.54, 1.807) is 54.6 Å². The van der Waals surface area contributed by atoms with Crippen LogP contribution in [0.5, 0.6) is 0 Å². The van der Waals surface area contributed by atoms with Crippen LogP contribution in [0.2, 0.25) is 10.0 Å². The predicted octanol–water partition coefficient (Wildman–Crippen LogP) is 5.26. The Balaban J connectivity index is 1.67. The molecule has 0 unspecified atom stereocenters. The SMILES string of the molecule is Cc1ccc(S(=O)(=O)n2cc(/C=N/NC(=O)c3ccc(Cl)cc3Cl)c3ccccc32)cc1. The lowest BCUT2D eigenvalue weighted by molar-refractivity contribution is 0.0955. The van der Waals surface area contributed by atoms with Crippen LogP contribution in [-0.4, -0.2) is 24.5 Å². The van der Waals surface area contributed by atoms with Crippen molar-refractivity contribution in [1.82, 2.24) is 9.40 Å². The maximum Gasteiger partial charge on any atom is 0.272 e. The third-order valence-corrected chi connectivity index (χ3v) is 7.07. The highest BCUT2D eigenvalue weighted by Crippen LogP contribution is 2.25. The molecule has 0 fully saturated rings. The molecule has 3 aromatic carbocycles. The normalized spacial score (nSPS) is 11.8. The third kappa shape index (κ3) is 4.27. The van der Waals surface area contributed by atoms with Crippen molar-refractivity contribution in [2.75, 3.05) is 0 Å². The van der Waals surface area contributed by atoms with Crippen molar-refractivity contribution < 1.29 is 13.2 Å². The van der Waals surface area contributed by atoms with Gasteiger partial charge in [-0.05, 0) is 43.3 Å². The first-order valence-electron chi connectivity index (χ1n) is 9.48. The van der Waals surface area contributed by atoms with Crippen molar-refractivity contribution in [2.45, 2.75) is 11.8 Å². The van der Waals surface area contributed by atoms with Gasteiger partial charge in [-0.25, -0.2) is 17.8 Å². The largest absolute Gasteiger partial charge is 0.272 e. The molecule has 1 heterocycles. The van der Waals surface area contributed by atoms with Gasteiger partial charge in [-0.2, -0.15) is 5.10 Å². The standard InChI is InChI=1S/C23H17Cl2N3O3S/c1-15-6-9-18(10-7-15)32(30,31)28-14-16(19-4-2-3-5-22(19)28)13-26-27-23(29)20-11-8-17(24)12-21(20)25/h2-14H,1H3,(H,27,29)/b26-13+. The first kappa shape index (κ1) is 22.1. The summed E-state index contributed by atoms with van der Waals surface area (Å²) in [6.07, 6.45) is 2.87. The number of nitrogens with zero attached hydrogens (tertiary/aromatic N) is 2. The summed E-state index contributed by atoms with van der Waals surface area (Å²) in [5.41, 5.74) is 4.61. The lowest BCUT2D eigenvalue weighted by atomic mass is 10.2. The Kier molecular flexibility index (Phi) is 6.06. The minimum Gasteiger partial charge on any atom is -0.267 e. The molecule has 1 amide bonds. The van der Waals surface area contributed by atoms with E-state index in [2.05, 4.69) is 10.5 Å². The van der Waals surface area contributed by atoms with Gasteiger partial charge in [-0.15, -0.1) is 0 Å². The van der Waals surface area contributed by atoms with Crippen LogP contribution < -0.4 is 5.43 Å². The summed E-state index contributed by atoms with van der Waals surface area (Å²) in [4.78, 5) is 12.5. The highest BCUT2D eigenvalue weighted by atomic mass is 35.5. The molecule has 4 aromatic rings. The number of carbonyl (C=O) groups is 1. The number of hydrogen-bond donors (Lipinski definition) is 1. The van der Waals surface area contributed by atoms with E-state index in [1.807, 2.05) is 6.92 Å². The maximum absolute atomic E-state index is 13.2. The lowest BCUT2D eigenvalue weighted by Crippen LogP contribution is -2.18. The first-order chi connectivity index (χ1) is 15.3. The number of hydrazone groups is 1. The molecule has 0 radical (unpaired) electrons. The number of aryl methyl sites for hydroxylation is 1. The van der Waals surface area contributed by atoms with E-state index in [1.165, 1.54) is 28.5 Å². The number of hydrogen-bond acceptors (Lipinski definition) is 4. The zero-order valence-corrected chi connectivity index (χ0v) is 19.1. The Morgan fingerprint density at radius 3 is 2.47 bits per heavy atom. The molecule has 0 saturated heterocycles. The van der Waals surface area contributed by atoms with Crippen LogP contribution in [0.4, 0.5) is 0 Å². The Labute approximate surface area is 195 Å². The molecule has 0 aliphatic carbocycles. The smallest absolute Gasteiger partial charge is 0.267 e. The lowest BCUT2D eigenvalue weighted by Gasteiger charge is -2.07. The summed E-state index contributed by atoms with van der Waals surface area (Å²) in [5, 5.41) is 5.27. The second-order valence-electron chi connectivity index (χ2n) is 7.04. The van der Waals surface area contributed by atoms with E-state index in [0.717, 1.165) is 5.56 Å². The molecule has 0 saturated carbocycles. The summed E-state index contributed by atoms with van der Waals surface area (Å²) >= 11 is 11.9. The fourth-order valence-corrected chi connectivity index (χ4v) is 5.07. The van der Waals surface area contributed by atoms with Gasteiger partial charge in [0, 0.05) is 22.2 Å². The molecule has 0 spiro atoms. The number of carbonyl (C=O) groups excluding carboxylic acids is 1. The fraction of sp³-hybridized carbons (Fsp3) is 0.0435. The van der Waals surface area contributed by atoms with Crippen LogP contribution in [0.3, 0.4) is 0 Å². The number of aromatic nitrogens is 1. The van der Waals surface area contributed by atoms with E-state index >= 15 is 0 Å². The first-order valence-corrected chi connectivity index (χ1v) is 11.7. The predicted molar refractivity (Wildman–Crippen MR) is 127 cm³/mol. The monoisotopic (exact) mass is 485 g/mol. The van der Waals surface area contributed by atoms with Gasteiger partial charge < -0.3 is 0 Å². The Morgan fingerprint density at radius 2 is 1.75 bits per heavy atom. The highest BCUT2D eigenvalue weighted by molar-refractivity contribution is 7.90. The molecule has 162 valence electrons. The van der Waals surface area contributed by atoms with Gasteiger partial charge in [0.1, 0.15) is 0 Å². The van der Waals surface area contributed by atoms with E-state index in [9.17, 15) is 13.2 Å². The van der Waals surface area contributed by atoms with E-state index in [4.69, 9.17) is 23.2 Å². The number of amides is 1. The summed E-state index contributed by atoms with van der Waals surface area (Å²) in [7, 11) is -3.82. The van der Waals surface area contributed by atoms with Crippen molar-refractivity contribution in [3.05, 3.63) is 99.7 Å². The Hall–Kier alpha value is -3.13. The zero-order chi connectivity index (χ0) is 22.9. The second kappa shape index (κ2) is 8.78. The minimum absolute atomic E-state index is 0.179. The molecular weight excluding hydrogens is 469 g/mol. The molecule has 6 nitrogen and oxygen atoms in total. The van der Waals surface area contributed by atoms with Crippen LogP contribution in [0, 0.1) is 6.92 Å². The highest BCUT2D eigenvalue weighted by Gasteiger charge is 2.20. The van der Waals surface area contributed by atoms with Gasteiger partial charge >= 0.3 is 0 Å². The number of halogens is 2. The average molecular weight is 486 g/mol. The molecule has 1 N–H and O–H groups in total. The van der Waals surface area contributed by atoms with Gasteiger partial charge in [0.05, 0.1) is 27.2 Å². The molecule has 0 aliphatic heterocycles. The Morgan fingerprint density at radius 1 is 1.03 bits per heavy atom. The number of para-hydroxylation sites is 1. The summed E-state index contributed by atoms with van der Waals surface area (Å²) < 4.78 is 27.7. The molecule has 9 heteroatoms. The van der Waals surface area contributed by atoms with Gasteiger partial charge in [0.2, 0.25) is 0 Å². The number of rotatable bonds is 5. The van der Waals surface area contributed by atoms with E-state index in [-0.39, 0.29) is 15.5 Å². The van der Waals surface area contributed by atoms with Crippen molar-refractivity contribution >= 4 is 56.2 Å². The molecule has 0 bridgehead atoms. The summed E-state index contributed by atoms with van der Waals surface area (Å²) in [6.45, 7) is 1.89. The Bertz CT molecular complexity index is 1460. The zero-order valence-electron chi connectivity index (χ0n) is 16.8.